The van der Waals surface area contributed by atoms with Crippen LogP contribution in [0.5, 0.6) is 0 Å². The molecule has 0 unspecified atom stereocenters. The van der Waals surface area contributed by atoms with E-state index in [1.54, 1.807) is 6.07 Å². The second-order valence-corrected chi connectivity index (χ2v) is 8.79. The number of piperazine rings is 1. The number of hydrogen-bond donors (Lipinski definition) is 1. The van der Waals surface area contributed by atoms with Crippen molar-refractivity contribution in [3.8, 4) is 22.3 Å². The average molecular weight is 436 g/mol. The lowest BCUT2D eigenvalue weighted by molar-refractivity contribution is 0.432. The van der Waals surface area contributed by atoms with Gasteiger partial charge in [-0.2, -0.15) is 5.10 Å². The van der Waals surface area contributed by atoms with Gasteiger partial charge in [-0.3, -0.25) is 4.98 Å². The van der Waals surface area contributed by atoms with E-state index in [9.17, 15) is 0 Å². The summed E-state index contributed by atoms with van der Waals surface area (Å²) < 4.78 is 9.64. The monoisotopic (exact) mass is 435 g/mol. The van der Waals surface area contributed by atoms with Crippen LogP contribution in [0.1, 0.15) is 15.2 Å². The first-order valence-corrected chi connectivity index (χ1v) is 11.4. The highest BCUT2D eigenvalue weighted by molar-refractivity contribution is 5.97. The minimum Gasteiger partial charge on any atom is -0.364 e. The smallest absolute Gasteiger partial charge is 0.162 e. The maximum atomic E-state index is 7.80. The molecule has 33 heavy (non-hydrogen) atoms. The molecule has 2 atom stereocenters. The second-order valence-electron chi connectivity index (χ2n) is 8.79. The highest BCUT2D eigenvalue weighted by Crippen LogP contribution is 2.31. The predicted octanol–water partition coefficient (Wildman–Crippen LogP) is 4.80. The average Bonchev–Trinajstić information content (AvgIpc) is 3.27. The lowest BCUT2D eigenvalue weighted by atomic mass is 10.0. The molecule has 164 valence electrons. The SMILES string of the molecule is [2H]c1ccc2c(-c3cnn4cc(-c5ccc(N6[C@H](C)CNC[C@@H]6C)cc5)cnc34)cccc2n1. The summed E-state index contributed by atoms with van der Waals surface area (Å²) in [5.41, 5.74) is 6.95. The normalized spacial score (nSPS) is 19.2. The number of rotatable bonds is 3. The Hall–Kier alpha value is -3.77. The number of aromatic nitrogens is 4. The zero-order chi connectivity index (χ0) is 23.2. The van der Waals surface area contributed by atoms with E-state index in [4.69, 9.17) is 6.35 Å². The molecule has 0 radical (unpaired) electrons. The third-order valence-electron chi connectivity index (χ3n) is 6.57. The van der Waals surface area contributed by atoms with Crippen LogP contribution in [0.2, 0.25) is 0 Å². The van der Waals surface area contributed by atoms with Crippen molar-refractivity contribution in [3.05, 3.63) is 79.4 Å². The van der Waals surface area contributed by atoms with Gasteiger partial charge in [0.15, 0.2) is 5.65 Å². The Morgan fingerprint density at radius 2 is 1.70 bits per heavy atom. The third-order valence-corrected chi connectivity index (χ3v) is 6.57. The fourth-order valence-corrected chi connectivity index (χ4v) is 4.97. The number of nitrogens with zero attached hydrogens (tertiary/aromatic N) is 5. The standard InChI is InChI=1S/C27H26N6/c1-18-13-28-14-19(2)33(18)22-10-8-20(9-11-22)21-15-30-27-25(16-31-32(27)17-21)23-5-3-7-26-24(23)6-4-12-29-26/h3-12,15-19,28H,13-14H2,1-2H3/t18-,19+/i12D. The molecule has 0 spiro atoms. The second kappa shape index (κ2) is 7.98. The molecule has 0 amide bonds. The minimum absolute atomic E-state index is 0.263. The van der Waals surface area contributed by atoms with Gasteiger partial charge < -0.3 is 10.2 Å². The zero-order valence-electron chi connectivity index (χ0n) is 19.7. The van der Waals surface area contributed by atoms with E-state index in [0.29, 0.717) is 12.1 Å². The van der Waals surface area contributed by atoms with Crippen molar-refractivity contribution in [2.45, 2.75) is 25.9 Å². The summed E-state index contributed by atoms with van der Waals surface area (Å²) in [5, 5.41) is 9.08. The minimum atomic E-state index is 0.263. The Labute approximate surface area is 194 Å². The molecule has 3 aromatic heterocycles. The molecule has 1 N–H and O–H groups in total. The molecule has 0 saturated carbocycles. The molecule has 2 aromatic carbocycles. The molecule has 1 aliphatic rings. The summed E-state index contributed by atoms with van der Waals surface area (Å²) in [6, 6.07) is 19.3. The van der Waals surface area contributed by atoms with Crippen LogP contribution >= 0.6 is 0 Å². The van der Waals surface area contributed by atoms with Crippen LogP contribution in [0.3, 0.4) is 0 Å². The quantitative estimate of drug-likeness (QED) is 0.441. The third kappa shape index (κ3) is 3.43. The Morgan fingerprint density at radius 1 is 0.879 bits per heavy atom. The highest BCUT2D eigenvalue weighted by Gasteiger charge is 2.24. The number of fused-ring (bicyclic) bond motifs is 2. The lowest BCUT2D eigenvalue weighted by Crippen LogP contribution is -2.55. The first kappa shape index (κ1) is 18.8. The van der Waals surface area contributed by atoms with Gasteiger partial charge in [-0.1, -0.05) is 30.3 Å². The van der Waals surface area contributed by atoms with Crippen molar-refractivity contribution < 1.29 is 1.37 Å². The number of nitrogens with one attached hydrogen (secondary N) is 1. The van der Waals surface area contributed by atoms with Crippen LogP contribution in [0, 0.1) is 0 Å². The summed E-state index contributed by atoms with van der Waals surface area (Å²) in [5.74, 6) is 0. The van der Waals surface area contributed by atoms with Crippen LogP contribution in [0.4, 0.5) is 5.69 Å². The van der Waals surface area contributed by atoms with Gasteiger partial charge in [0, 0.05) is 65.9 Å². The van der Waals surface area contributed by atoms with Crippen LogP contribution in [0.25, 0.3) is 38.8 Å². The van der Waals surface area contributed by atoms with E-state index in [-0.39, 0.29) is 6.17 Å². The van der Waals surface area contributed by atoms with Crippen LogP contribution < -0.4 is 10.2 Å². The Balaban J connectivity index is 1.35. The summed E-state index contributed by atoms with van der Waals surface area (Å²) in [6.07, 6.45) is 6.06. The molecular weight excluding hydrogens is 408 g/mol. The molecule has 1 aliphatic heterocycles. The Kier molecular flexibility index (Phi) is 4.54. The summed E-state index contributed by atoms with van der Waals surface area (Å²) in [6.45, 7) is 6.54. The maximum absolute atomic E-state index is 7.80. The van der Waals surface area contributed by atoms with Gasteiger partial charge in [0.2, 0.25) is 0 Å². The summed E-state index contributed by atoms with van der Waals surface area (Å²) in [4.78, 5) is 11.6. The molecule has 5 aromatic rings. The lowest BCUT2D eigenvalue weighted by Gasteiger charge is -2.41. The highest BCUT2D eigenvalue weighted by atomic mass is 15.2. The predicted molar refractivity (Wildman–Crippen MR) is 133 cm³/mol. The van der Waals surface area contributed by atoms with E-state index in [1.807, 2.05) is 41.3 Å². The number of benzene rings is 2. The molecule has 1 saturated heterocycles. The van der Waals surface area contributed by atoms with Crippen molar-refractivity contribution in [1.29, 1.82) is 0 Å². The van der Waals surface area contributed by atoms with Gasteiger partial charge in [0.05, 0.1) is 13.1 Å². The van der Waals surface area contributed by atoms with E-state index >= 15 is 0 Å². The summed E-state index contributed by atoms with van der Waals surface area (Å²) in [7, 11) is 0. The van der Waals surface area contributed by atoms with Gasteiger partial charge in [0.25, 0.3) is 0 Å². The van der Waals surface area contributed by atoms with E-state index in [2.05, 4.69) is 64.5 Å². The van der Waals surface area contributed by atoms with Gasteiger partial charge in [-0.25, -0.2) is 9.50 Å². The van der Waals surface area contributed by atoms with E-state index < -0.39 is 0 Å². The molecule has 6 heteroatoms. The molecule has 1 fully saturated rings. The van der Waals surface area contributed by atoms with Gasteiger partial charge >= 0.3 is 0 Å². The van der Waals surface area contributed by atoms with Crippen LogP contribution in [-0.4, -0.2) is 44.8 Å². The zero-order valence-corrected chi connectivity index (χ0v) is 18.7. The van der Waals surface area contributed by atoms with E-state index in [1.165, 1.54) is 5.69 Å². The number of anilines is 1. The fraction of sp³-hybridized carbons (Fsp3) is 0.222. The van der Waals surface area contributed by atoms with Gasteiger partial charge in [-0.15, -0.1) is 0 Å². The maximum Gasteiger partial charge on any atom is 0.162 e. The molecule has 0 bridgehead atoms. The van der Waals surface area contributed by atoms with E-state index in [0.717, 1.165) is 51.9 Å². The van der Waals surface area contributed by atoms with Crippen molar-refractivity contribution in [3.63, 3.8) is 0 Å². The fourth-order valence-electron chi connectivity index (χ4n) is 4.97. The first-order valence-electron chi connectivity index (χ1n) is 11.9. The number of pyridine rings is 1. The Morgan fingerprint density at radius 3 is 2.52 bits per heavy atom. The van der Waals surface area contributed by atoms with Crippen molar-refractivity contribution in [2.24, 2.45) is 0 Å². The Bertz CT molecular complexity index is 1480. The van der Waals surface area contributed by atoms with Crippen LogP contribution in [-0.2, 0) is 0 Å². The molecule has 6 rings (SSSR count). The number of hydrogen-bond acceptors (Lipinski definition) is 5. The topological polar surface area (TPSA) is 58.4 Å². The first-order chi connectivity index (χ1) is 16.6. The molecule has 6 nitrogen and oxygen atoms in total. The van der Waals surface area contributed by atoms with Crippen molar-refractivity contribution in [1.82, 2.24) is 24.9 Å². The largest absolute Gasteiger partial charge is 0.364 e. The van der Waals surface area contributed by atoms with Crippen molar-refractivity contribution in [2.75, 3.05) is 18.0 Å². The van der Waals surface area contributed by atoms with Crippen LogP contribution in [0.15, 0.2) is 79.4 Å². The molecular formula is C27H26N6. The molecule has 4 heterocycles. The van der Waals surface area contributed by atoms with Gasteiger partial charge in [-0.05, 0) is 49.2 Å². The summed E-state index contributed by atoms with van der Waals surface area (Å²) >= 11 is 0. The molecule has 0 aliphatic carbocycles. The van der Waals surface area contributed by atoms with Crippen molar-refractivity contribution >= 4 is 22.2 Å². The van der Waals surface area contributed by atoms with Gasteiger partial charge in [0.1, 0.15) is 0 Å².